The van der Waals surface area contributed by atoms with Gasteiger partial charge >= 0.3 is 11.9 Å². The Morgan fingerprint density at radius 2 is 1.78 bits per heavy atom. The number of fused-ring (bicyclic) bond motifs is 6. The van der Waals surface area contributed by atoms with E-state index in [1.54, 1.807) is 7.11 Å². The van der Waals surface area contributed by atoms with E-state index < -0.39 is 57.3 Å². The average molecular weight is 811 g/mol. The quantitative estimate of drug-likeness (QED) is 0.255. The van der Waals surface area contributed by atoms with Gasteiger partial charge in [-0.05, 0) is 81.7 Å². The van der Waals surface area contributed by atoms with Crippen molar-refractivity contribution in [3.63, 3.8) is 0 Å². The molecular formula is C46H58N4O9. The molecule has 316 valence electrons. The van der Waals surface area contributed by atoms with Crippen LogP contribution >= 0.6 is 0 Å². The molecule has 7 heterocycles. The van der Waals surface area contributed by atoms with Crippen molar-refractivity contribution in [2.75, 3.05) is 72.6 Å². The summed E-state index contributed by atoms with van der Waals surface area (Å²) < 4.78 is 31.2. The SMILES string of the molecule is CC[C@]1(O)CC2CN(CCc3c([nH]c4ccccc34)[C@@](C(=O)OC)(c3cc4c(cc3OC)N(C)[C@H]3[C@@](O)(C(=O)OC)[C@@H]5OC(C)(C)OC[C@]56C=CCN5CC[C@]43[C@@H]56)C2)C1. The number of aromatic nitrogens is 1. The van der Waals surface area contributed by atoms with Gasteiger partial charge in [-0.3, -0.25) is 14.6 Å². The van der Waals surface area contributed by atoms with Gasteiger partial charge in [-0.25, -0.2) is 4.79 Å². The number of esters is 2. The van der Waals surface area contributed by atoms with Crippen LogP contribution in [0.15, 0.2) is 48.6 Å². The number of nitrogens with one attached hydrogen (secondary N) is 1. The molecule has 2 unspecified atom stereocenters. The van der Waals surface area contributed by atoms with E-state index in [0.717, 1.165) is 46.5 Å². The molecule has 3 aromatic rings. The Bertz CT molecular complexity index is 2270. The predicted molar refractivity (Wildman–Crippen MR) is 219 cm³/mol. The summed E-state index contributed by atoms with van der Waals surface area (Å²) in [6.07, 6.45) is 5.98. The number of hydrogen-bond acceptors (Lipinski definition) is 12. The molecule has 1 saturated carbocycles. The van der Waals surface area contributed by atoms with Gasteiger partial charge < -0.3 is 43.8 Å². The van der Waals surface area contributed by atoms with Crippen molar-refractivity contribution in [3.05, 3.63) is 70.9 Å². The Hall–Kier alpha value is -3.98. The molecule has 6 aliphatic heterocycles. The van der Waals surface area contributed by atoms with Crippen molar-refractivity contribution in [2.24, 2.45) is 11.3 Å². The lowest BCUT2D eigenvalue weighted by molar-refractivity contribution is -0.360. The van der Waals surface area contributed by atoms with E-state index in [4.69, 9.17) is 23.7 Å². The summed E-state index contributed by atoms with van der Waals surface area (Å²) in [5, 5.41) is 26.5. The fourth-order valence-corrected chi connectivity index (χ4v) is 13.7. The summed E-state index contributed by atoms with van der Waals surface area (Å²) in [6.45, 7) is 9.31. The van der Waals surface area contributed by atoms with Crippen LogP contribution in [0.4, 0.5) is 5.69 Å². The van der Waals surface area contributed by atoms with Gasteiger partial charge in [0.1, 0.15) is 17.3 Å². The van der Waals surface area contributed by atoms with E-state index >= 15 is 4.79 Å². The maximum absolute atomic E-state index is 15.3. The standard InChI is InChI=1S/C46H58N4O9/c1-8-42(53)22-27-23-45(39(51)56-6,35-29(14-18-49(24-27)25-42)28-12-9-10-13-32(28)47-35)31-20-30-33(21-34(31)55-5)48(4)37-44(30)16-19-50-17-11-15-43(36(44)50)26-58-41(2,3)59-38(43)46(37,54)40(52)57-7/h9-13,15,20-21,27,36-38,47,53-54H,8,14,16-19,22-26H2,1-7H3/t27?,36-,37+,38+,42-,43-,44+,45-,46-/m0/s1. The molecule has 2 spiro atoms. The van der Waals surface area contributed by atoms with Gasteiger partial charge in [-0.1, -0.05) is 37.3 Å². The smallest absolute Gasteiger partial charge is 0.342 e. The number of H-pyrrole nitrogens is 1. The summed E-state index contributed by atoms with van der Waals surface area (Å²) in [5.41, 5.74) is -1.11. The molecular weight excluding hydrogens is 753 g/mol. The summed E-state index contributed by atoms with van der Waals surface area (Å²) in [6, 6.07) is 11.3. The minimum atomic E-state index is -2.14. The number of carbonyl (C=O) groups is 2. The number of rotatable bonds is 5. The zero-order valence-electron chi connectivity index (χ0n) is 35.3. The van der Waals surface area contributed by atoms with Crippen molar-refractivity contribution in [1.82, 2.24) is 14.8 Å². The van der Waals surface area contributed by atoms with E-state index in [1.807, 2.05) is 50.9 Å². The van der Waals surface area contributed by atoms with Crippen molar-refractivity contribution >= 4 is 28.5 Å². The molecule has 7 aliphatic rings. The van der Waals surface area contributed by atoms with Crippen molar-refractivity contribution < 1.29 is 43.5 Å². The minimum absolute atomic E-state index is 0.0785. The molecule has 2 aromatic carbocycles. The highest BCUT2D eigenvalue weighted by Gasteiger charge is 2.81. The van der Waals surface area contributed by atoms with Crippen molar-refractivity contribution in [1.29, 1.82) is 0 Å². The van der Waals surface area contributed by atoms with E-state index in [-0.39, 0.29) is 18.6 Å². The van der Waals surface area contributed by atoms with Gasteiger partial charge in [0.2, 0.25) is 5.60 Å². The van der Waals surface area contributed by atoms with Crippen LogP contribution in [0.1, 0.15) is 68.8 Å². The summed E-state index contributed by atoms with van der Waals surface area (Å²) in [7, 11) is 6.32. The van der Waals surface area contributed by atoms with Crippen molar-refractivity contribution in [2.45, 2.75) is 98.9 Å². The number of aromatic amines is 1. The number of carbonyl (C=O) groups excluding carboxylic acids is 2. The summed E-state index contributed by atoms with van der Waals surface area (Å²) in [5.74, 6) is -1.84. The van der Waals surface area contributed by atoms with Crippen LogP contribution in [0, 0.1) is 11.3 Å². The van der Waals surface area contributed by atoms with Crippen LogP contribution in [-0.2, 0) is 45.8 Å². The number of para-hydroxylation sites is 1. The number of hydrogen-bond donors (Lipinski definition) is 3. The van der Waals surface area contributed by atoms with E-state index in [0.29, 0.717) is 63.1 Å². The fraction of sp³-hybridized carbons (Fsp3) is 0.609. The van der Waals surface area contributed by atoms with Crippen LogP contribution in [-0.4, -0.2) is 140 Å². The normalized spacial score (nSPS) is 39.1. The molecule has 3 N–H and O–H groups in total. The number of likely N-dealkylation sites (N-methyl/N-ethyl adjacent to an activating group) is 1. The van der Waals surface area contributed by atoms with Crippen LogP contribution in [0.5, 0.6) is 5.75 Å². The second kappa shape index (κ2) is 13.0. The van der Waals surface area contributed by atoms with E-state index in [2.05, 4.69) is 45.1 Å². The van der Waals surface area contributed by atoms with Crippen LogP contribution < -0.4 is 9.64 Å². The van der Waals surface area contributed by atoms with E-state index in [1.165, 1.54) is 14.2 Å². The fourth-order valence-electron chi connectivity index (χ4n) is 13.7. The Morgan fingerprint density at radius 1 is 1.00 bits per heavy atom. The van der Waals surface area contributed by atoms with Crippen LogP contribution in [0.25, 0.3) is 10.9 Å². The highest BCUT2D eigenvalue weighted by molar-refractivity contribution is 5.95. The molecule has 4 fully saturated rings. The zero-order valence-corrected chi connectivity index (χ0v) is 35.3. The van der Waals surface area contributed by atoms with Gasteiger partial charge in [-0.15, -0.1) is 0 Å². The number of nitrogens with zero attached hydrogens (tertiary/aromatic N) is 3. The molecule has 3 saturated heterocycles. The lowest BCUT2D eigenvalue weighted by Gasteiger charge is -2.66. The molecule has 10 atom stereocenters. The Kier molecular flexibility index (Phi) is 8.64. The third-order valence-electron chi connectivity index (χ3n) is 15.8. The molecule has 10 rings (SSSR count). The molecule has 13 nitrogen and oxygen atoms in total. The number of methoxy groups -OCH3 is 3. The van der Waals surface area contributed by atoms with Crippen LogP contribution in [0.2, 0.25) is 0 Å². The first-order chi connectivity index (χ1) is 28.2. The topological polar surface area (TPSA) is 146 Å². The second-order valence-corrected chi connectivity index (χ2v) is 19.0. The zero-order chi connectivity index (χ0) is 41.5. The Balaban J connectivity index is 1.27. The second-order valence-electron chi connectivity index (χ2n) is 19.0. The molecule has 13 heteroatoms. The number of aliphatic hydroxyl groups is 2. The van der Waals surface area contributed by atoms with Crippen LogP contribution in [0.3, 0.4) is 0 Å². The molecule has 2 bridgehead atoms. The Morgan fingerprint density at radius 3 is 2.53 bits per heavy atom. The largest absolute Gasteiger partial charge is 0.496 e. The molecule has 59 heavy (non-hydrogen) atoms. The first-order valence-corrected chi connectivity index (χ1v) is 21.3. The lowest BCUT2D eigenvalue weighted by atomic mass is 9.48. The number of benzene rings is 2. The highest BCUT2D eigenvalue weighted by atomic mass is 16.7. The van der Waals surface area contributed by atoms with E-state index in [9.17, 15) is 15.0 Å². The predicted octanol–water partition coefficient (Wildman–Crippen LogP) is 3.80. The molecule has 1 aliphatic carbocycles. The maximum atomic E-state index is 15.3. The number of piperidine rings is 1. The van der Waals surface area contributed by atoms with Gasteiger partial charge in [0, 0.05) is 78.6 Å². The number of ether oxygens (including phenoxy) is 5. The minimum Gasteiger partial charge on any atom is -0.496 e. The monoisotopic (exact) mass is 810 g/mol. The molecule has 1 aromatic heterocycles. The van der Waals surface area contributed by atoms with Gasteiger partial charge in [0.05, 0.1) is 45.0 Å². The maximum Gasteiger partial charge on any atom is 0.342 e. The average Bonchev–Trinajstić information content (AvgIpc) is 3.89. The third kappa shape index (κ3) is 5.00. The van der Waals surface area contributed by atoms with Crippen molar-refractivity contribution in [3.8, 4) is 5.75 Å². The highest BCUT2D eigenvalue weighted by Crippen LogP contribution is 2.68. The molecule has 0 amide bonds. The van der Waals surface area contributed by atoms with Gasteiger partial charge in [0.15, 0.2) is 5.79 Å². The summed E-state index contributed by atoms with van der Waals surface area (Å²) >= 11 is 0. The first kappa shape index (κ1) is 39.2. The first-order valence-electron chi connectivity index (χ1n) is 21.3. The number of anilines is 1. The summed E-state index contributed by atoms with van der Waals surface area (Å²) in [4.78, 5) is 40.4. The Labute approximate surface area is 345 Å². The van der Waals surface area contributed by atoms with Gasteiger partial charge in [0.25, 0.3) is 0 Å². The lowest BCUT2D eigenvalue weighted by Crippen LogP contribution is -2.83. The molecule has 0 radical (unpaired) electrons. The van der Waals surface area contributed by atoms with Gasteiger partial charge in [-0.2, -0.15) is 0 Å². The third-order valence-corrected chi connectivity index (χ3v) is 15.8.